The van der Waals surface area contributed by atoms with Gasteiger partial charge in [0.25, 0.3) is 0 Å². The Labute approximate surface area is 155 Å². The van der Waals surface area contributed by atoms with Crippen LogP contribution < -0.4 is 0 Å². The minimum Gasteiger partial charge on any atom is -0.393 e. The number of hydrogen-bond acceptors (Lipinski definition) is 5. The molecule has 0 bridgehead atoms. The molecule has 148 valence electrons. The molecule has 0 aromatic heterocycles. The van der Waals surface area contributed by atoms with E-state index in [-0.39, 0.29) is 23.4 Å². The second kappa shape index (κ2) is 5.54. The van der Waals surface area contributed by atoms with Crippen molar-refractivity contribution in [2.45, 2.75) is 95.2 Å². The molecule has 0 aliphatic heterocycles. The lowest BCUT2D eigenvalue weighted by molar-refractivity contribution is -0.273. The average Bonchev–Trinajstić information content (AvgIpc) is 2.80. The highest BCUT2D eigenvalue weighted by molar-refractivity contribution is 5.31. The summed E-state index contributed by atoms with van der Waals surface area (Å²) in [6.45, 7) is 5.54. The minimum atomic E-state index is -1.49. The van der Waals surface area contributed by atoms with Crippen LogP contribution in [-0.2, 0) is 0 Å². The van der Waals surface area contributed by atoms with Crippen molar-refractivity contribution in [3.8, 4) is 0 Å². The number of allylic oxidation sites excluding steroid dienone is 1. The standard InChI is InChI=1S/C21H34O5/c1-12(22)20(25)8-9-21(26)15-5-4-13-10-14(23)6-7-18(13,2)16(15)11-17(24)19(20,21)3/h4,12,14-17,22-26H,5-11H2,1-3H3/t12-,14-,15-,16-,17+,18-,19+,20+,21-/m0/s1. The third-order valence-corrected chi connectivity index (χ3v) is 9.24. The topological polar surface area (TPSA) is 101 Å². The third kappa shape index (κ3) is 1.99. The molecule has 0 aromatic rings. The smallest absolute Gasteiger partial charge is 0.101 e. The van der Waals surface area contributed by atoms with Gasteiger partial charge in [0.05, 0.1) is 29.3 Å². The summed E-state index contributed by atoms with van der Waals surface area (Å²) in [4.78, 5) is 0. The highest BCUT2D eigenvalue weighted by atomic mass is 16.4. The van der Waals surface area contributed by atoms with Gasteiger partial charge in [0.2, 0.25) is 0 Å². The van der Waals surface area contributed by atoms with Crippen LogP contribution in [0.3, 0.4) is 0 Å². The predicted octanol–water partition coefficient (Wildman–Crippen LogP) is 1.51. The second-order valence-electron chi connectivity index (χ2n) is 9.97. The van der Waals surface area contributed by atoms with E-state index in [1.807, 2.05) is 0 Å². The molecule has 9 atom stereocenters. The Bertz CT molecular complexity index is 632. The molecular weight excluding hydrogens is 332 g/mol. The van der Waals surface area contributed by atoms with Crippen LogP contribution in [0.1, 0.15) is 65.7 Å². The van der Waals surface area contributed by atoms with Crippen LogP contribution in [0.4, 0.5) is 0 Å². The molecule has 0 saturated heterocycles. The van der Waals surface area contributed by atoms with Crippen LogP contribution in [0, 0.1) is 22.7 Å². The summed E-state index contributed by atoms with van der Waals surface area (Å²) < 4.78 is 0. The first kappa shape index (κ1) is 18.9. The first-order chi connectivity index (χ1) is 12.0. The van der Waals surface area contributed by atoms with Gasteiger partial charge in [-0.2, -0.15) is 0 Å². The van der Waals surface area contributed by atoms with E-state index in [9.17, 15) is 25.5 Å². The van der Waals surface area contributed by atoms with Gasteiger partial charge < -0.3 is 25.5 Å². The van der Waals surface area contributed by atoms with Gasteiger partial charge in [-0.25, -0.2) is 0 Å². The summed E-state index contributed by atoms with van der Waals surface area (Å²) in [6, 6.07) is 0. The first-order valence-electron chi connectivity index (χ1n) is 10.2. The lowest BCUT2D eigenvalue weighted by Crippen LogP contribution is -2.71. The molecule has 4 aliphatic rings. The van der Waals surface area contributed by atoms with Gasteiger partial charge in [0, 0.05) is 0 Å². The molecule has 0 unspecified atom stereocenters. The van der Waals surface area contributed by atoms with Crippen molar-refractivity contribution < 1.29 is 25.5 Å². The van der Waals surface area contributed by atoms with E-state index in [1.54, 1.807) is 13.8 Å². The maximum Gasteiger partial charge on any atom is 0.101 e. The Hall–Kier alpha value is -0.460. The Balaban J connectivity index is 1.79. The van der Waals surface area contributed by atoms with E-state index in [0.29, 0.717) is 32.1 Å². The van der Waals surface area contributed by atoms with Gasteiger partial charge in [-0.05, 0) is 69.1 Å². The molecule has 3 fully saturated rings. The summed E-state index contributed by atoms with van der Waals surface area (Å²) >= 11 is 0. The Morgan fingerprint density at radius 2 is 1.77 bits per heavy atom. The second-order valence-corrected chi connectivity index (χ2v) is 9.97. The number of aliphatic hydroxyl groups is 5. The normalized spacial score (nSPS) is 57.6. The van der Waals surface area contributed by atoms with Gasteiger partial charge >= 0.3 is 0 Å². The summed E-state index contributed by atoms with van der Waals surface area (Å²) in [5.74, 6) is 0.0760. The number of hydrogen-bond donors (Lipinski definition) is 5. The summed E-state index contributed by atoms with van der Waals surface area (Å²) in [7, 11) is 0. The number of fused-ring (bicyclic) bond motifs is 5. The fraction of sp³-hybridized carbons (Fsp3) is 0.905. The molecule has 5 N–H and O–H groups in total. The zero-order valence-electron chi connectivity index (χ0n) is 16.1. The van der Waals surface area contributed by atoms with Crippen molar-refractivity contribution in [1.29, 1.82) is 0 Å². The fourth-order valence-electron chi connectivity index (χ4n) is 7.33. The molecule has 3 saturated carbocycles. The molecule has 0 spiro atoms. The van der Waals surface area contributed by atoms with E-state index < -0.39 is 28.8 Å². The SMILES string of the molecule is C[C@H](O)[C@]1(O)CC[C@]2(O)[C@H]3CC=C4C[C@@H](O)CC[C@]4(C)[C@H]3C[C@@H](O)[C@]12C. The van der Waals surface area contributed by atoms with E-state index in [4.69, 9.17) is 0 Å². The molecule has 4 aliphatic carbocycles. The van der Waals surface area contributed by atoms with Gasteiger partial charge in [-0.1, -0.05) is 25.5 Å². The Morgan fingerprint density at radius 1 is 1.08 bits per heavy atom. The monoisotopic (exact) mass is 366 g/mol. The van der Waals surface area contributed by atoms with Crippen molar-refractivity contribution >= 4 is 0 Å². The fourth-order valence-corrected chi connectivity index (χ4v) is 7.33. The maximum atomic E-state index is 11.9. The van der Waals surface area contributed by atoms with Crippen LogP contribution >= 0.6 is 0 Å². The van der Waals surface area contributed by atoms with Crippen molar-refractivity contribution in [2.24, 2.45) is 22.7 Å². The summed E-state index contributed by atoms with van der Waals surface area (Å²) in [5.41, 5.74) is -2.69. The molecule has 0 heterocycles. The van der Waals surface area contributed by atoms with Gasteiger partial charge in [0.15, 0.2) is 0 Å². The quantitative estimate of drug-likeness (QED) is 0.453. The average molecular weight is 366 g/mol. The molecule has 0 aromatic carbocycles. The third-order valence-electron chi connectivity index (χ3n) is 9.24. The van der Waals surface area contributed by atoms with Gasteiger partial charge in [-0.3, -0.25) is 0 Å². The summed E-state index contributed by atoms with van der Waals surface area (Å²) in [5, 5.41) is 54.7. The first-order valence-corrected chi connectivity index (χ1v) is 10.2. The lowest BCUT2D eigenvalue weighted by Gasteiger charge is -2.64. The van der Waals surface area contributed by atoms with Crippen LogP contribution in [0.5, 0.6) is 0 Å². The highest BCUT2D eigenvalue weighted by Crippen LogP contribution is 2.69. The Kier molecular flexibility index (Phi) is 4.02. The predicted molar refractivity (Wildman–Crippen MR) is 97.2 cm³/mol. The van der Waals surface area contributed by atoms with Crippen LogP contribution in [-0.4, -0.2) is 55.0 Å². The van der Waals surface area contributed by atoms with Crippen LogP contribution in [0.2, 0.25) is 0 Å². The molecule has 0 radical (unpaired) electrons. The lowest BCUT2D eigenvalue weighted by atomic mass is 9.44. The number of rotatable bonds is 1. The van der Waals surface area contributed by atoms with Gasteiger partial charge in [0.1, 0.15) is 5.60 Å². The van der Waals surface area contributed by atoms with Gasteiger partial charge in [-0.15, -0.1) is 0 Å². The van der Waals surface area contributed by atoms with Crippen molar-refractivity contribution in [1.82, 2.24) is 0 Å². The maximum absolute atomic E-state index is 11.9. The van der Waals surface area contributed by atoms with Crippen LogP contribution in [0.25, 0.3) is 0 Å². The molecule has 0 amide bonds. The minimum absolute atomic E-state index is 0.0485. The highest BCUT2D eigenvalue weighted by Gasteiger charge is 2.75. The largest absolute Gasteiger partial charge is 0.393 e. The zero-order chi connectivity index (χ0) is 19.1. The van der Waals surface area contributed by atoms with E-state index in [2.05, 4.69) is 13.0 Å². The molecule has 4 rings (SSSR count). The van der Waals surface area contributed by atoms with Crippen molar-refractivity contribution in [3.05, 3.63) is 11.6 Å². The van der Waals surface area contributed by atoms with Crippen molar-refractivity contribution in [3.63, 3.8) is 0 Å². The van der Waals surface area contributed by atoms with E-state index >= 15 is 0 Å². The van der Waals surface area contributed by atoms with E-state index in [0.717, 1.165) is 12.8 Å². The van der Waals surface area contributed by atoms with E-state index in [1.165, 1.54) is 5.57 Å². The Morgan fingerprint density at radius 3 is 2.42 bits per heavy atom. The van der Waals surface area contributed by atoms with Crippen molar-refractivity contribution in [2.75, 3.05) is 0 Å². The molecule has 5 nitrogen and oxygen atoms in total. The molecule has 5 heteroatoms. The van der Waals surface area contributed by atoms with Crippen LogP contribution in [0.15, 0.2) is 11.6 Å². The summed E-state index contributed by atoms with van der Waals surface area (Å²) in [6.07, 6.45) is 4.22. The molecular formula is C21H34O5. The zero-order valence-corrected chi connectivity index (χ0v) is 16.1. The molecule has 26 heavy (non-hydrogen) atoms. The number of aliphatic hydroxyl groups excluding tert-OH is 3.